The Labute approximate surface area is 113 Å². The quantitative estimate of drug-likeness (QED) is 0.948. The Hall–Kier alpha value is -1.46. The standard InChI is InChI=1S/C13H12BrFN2O/c1-18-10-4-8(6-17-7-10)13(16)11-5-9(15)2-3-12(11)14/h2-7,13H,16H2,1H3. The molecule has 18 heavy (non-hydrogen) atoms. The number of benzene rings is 1. The largest absolute Gasteiger partial charge is 0.495 e. The van der Waals surface area contributed by atoms with Gasteiger partial charge in [-0.25, -0.2) is 4.39 Å². The molecular formula is C13H12BrFN2O. The SMILES string of the molecule is COc1cncc(C(N)c2cc(F)ccc2Br)c1. The Morgan fingerprint density at radius 1 is 1.33 bits per heavy atom. The van der Waals surface area contributed by atoms with Crippen LogP contribution < -0.4 is 10.5 Å². The smallest absolute Gasteiger partial charge is 0.137 e. The van der Waals surface area contributed by atoms with Crippen molar-refractivity contribution in [2.24, 2.45) is 5.73 Å². The summed E-state index contributed by atoms with van der Waals surface area (Å²) < 4.78 is 19.1. The van der Waals surface area contributed by atoms with Crippen molar-refractivity contribution in [3.05, 3.63) is 58.1 Å². The number of hydrogen-bond acceptors (Lipinski definition) is 3. The summed E-state index contributed by atoms with van der Waals surface area (Å²) in [7, 11) is 1.56. The van der Waals surface area contributed by atoms with E-state index in [1.165, 1.54) is 12.1 Å². The lowest BCUT2D eigenvalue weighted by molar-refractivity contribution is 0.412. The van der Waals surface area contributed by atoms with Gasteiger partial charge in [-0.15, -0.1) is 0 Å². The molecule has 5 heteroatoms. The van der Waals surface area contributed by atoms with E-state index in [4.69, 9.17) is 10.5 Å². The third-order valence-electron chi connectivity index (χ3n) is 2.62. The Balaban J connectivity index is 2.40. The first-order valence-electron chi connectivity index (χ1n) is 5.31. The summed E-state index contributed by atoms with van der Waals surface area (Å²) in [5.41, 5.74) is 7.55. The van der Waals surface area contributed by atoms with E-state index in [-0.39, 0.29) is 5.82 Å². The molecule has 0 saturated heterocycles. The topological polar surface area (TPSA) is 48.1 Å². The minimum Gasteiger partial charge on any atom is -0.495 e. The fourth-order valence-corrected chi connectivity index (χ4v) is 2.14. The molecule has 94 valence electrons. The van der Waals surface area contributed by atoms with E-state index in [9.17, 15) is 4.39 Å². The van der Waals surface area contributed by atoms with Gasteiger partial charge in [-0.2, -0.15) is 0 Å². The van der Waals surface area contributed by atoms with Crippen LogP contribution in [0.4, 0.5) is 4.39 Å². The van der Waals surface area contributed by atoms with Gasteiger partial charge in [-0.3, -0.25) is 4.98 Å². The lowest BCUT2D eigenvalue weighted by atomic mass is 10.0. The van der Waals surface area contributed by atoms with Crippen LogP contribution in [0.2, 0.25) is 0 Å². The Bertz CT molecular complexity index is 562. The van der Waals surface area contributed by atoms with Gasteiger partial charge in [-0.05, 0) is 35.4 Å². The third kappa shape index (κ3) is 2.68. The normalized spacial score (nSPS) is 12.2. The van der Waals surface area contributed by atoms with Crippen molar-refractivity contribution in [1.82, 2.24) is 4.98 Å². The maximum absolute atomic E-state index is 13.3. The highest BCUT2D eigenvalue weighted by atomic mass is 79.9. The molecule has 0 aliphatic rings. The molecule has 2 aromatic rings. The molecule has 3 nitrogen and oxygen atoms in total. The van der Waals surface area contributed by atoms with Crippen molar-refractivity contribution in [2.45, 2.75) is 6.04 Å². The van der Waals surface area contributed by atoms with Gasteiger partial charge in [0.1, 0.15) is 11.6 Å². The van der Waals surface area contributed by atoms with Crippen LogP contribution in [0, 0.1) is 5.82 Å². The van der Waals surface area contributed by atoms with E-state index in [0.717, 1.165) is 10.0 Å². The number of nitrogens with two attached hydrogens (primary N) is 1. The molecular weight excluding hydrogens is 299 g/mol. The summed E-state index contributed by atoms with van der Waals surface area (Å²) in [6.45, 7) is 0. The zero-order valence-electron chi connectivity index (χ0n) is 9.73. The van der Waals surface area contributed by atoms with Crippen LogP contribution in [-0.2, 0) is 0 Å². The Morgan fingerprint density at radius 3 is 2.83 bits per heavy atom. The second kappa shape index (κ2) is 5.46. The van der Waals surface area contributed by atoms with Gasteiger partial charge in [0.2, 0.25) is 0 Å². The van der Waals surface area contributed by atoms with Crippen molar-refractivity contribution >= 4 is 15.9 Å². The molecule has 0 aliphatic heterocycles. The molecule has 0 bridgehead atoms. The van der Waals surface area contributed by atoms with Gasteiger partial charge in [-0.1, -0.05) is 15.9 Å². The highest BCUT2D eigenvalue weighted by Gasteiger charge is 2.14. The van der Waals surface area contributed by atoms with E-state index in [1.54, 1.807) is 31.6 Å². The summed E-state index contributed by atoms with van der Waals surface area (Å²) in [5.74, 6) is 0.301. The number of rotatable bonds is 3. The number of nitrogens with zero attached hydrogens (tertiary/aromatic N) is 1. The van der Waals surface area contributed by atoms with Crippen LogP contribution >= 0.6 is 15.9 Å². The summed E-state index contributed by atoms with van der Waals surface area (Å²) in [5, 5.41) is 0. The lowest BCUT2D eigenvalue weighted by Gasteiger charge is -2.14. The molecule has 0 amide bonds. The molecule has 1 unspecified atom stereocenters. The minimum atomic E-state index is -0.460. The van der Waals surface area contributed by atoms with Gasteiger partial charge in [0.15, 0.2) is 0 Å². The molecule has 1 aromatic carbocycles. The van der Waals surface area contributed by atoms with E-state index >= 15 is 0 Å². The maximum Gasteiger partial charge on any atom is 0.137 e. The molecule has 1 atom stereocenters. The van der Waals surface area contributed by atoms with Crippen molar-refractivity contribution in [3.63, 3.8) is 0 Å². The monoisotopic (exact) mass is 310 g/mol. The van der Waals surface area contributed by atoms with Crippen LogP contribution in [-0.4, -0.2) is 12.1 Å². The Kier molecular flexibility index (Phi) is 3.93. The first-order valence-corrected chi connectivity index (χ1v) is 6.10. The summed E-state index contributed by atoms with van der Waals surface area (Å²) in [6.07, 6.45) is 3.24. The van der Waals surface area contributed by atoms with Crippen LogP contribution in [0.15, 0.2) is 41.1 Å². The predicted octanol–water partition coefficient (Wildman–Crippen LogP) is 3.04. The Morgan fingerprint density at radius 2 is 2.11 bits per heavy atom. The molecule has 0 fully saturated rings. The maximum atomic E-state index is 13.3. The van der Waals surface area contributed by atoms with E-state index < -0.39 is 6.04 Å². The molecule has 0 aliphatic carbocycles. The van der Waals surface area contributed by atoms with Gasteiger partial charge >= 0.3 is 0 Å². The second-order valence-corrected chi connectivity index (χ2v) is 4.66. The van der Waals surface area contributed by atoms with Crippen molar-refractivity contribution in [1.29, 1.82) is 0 Å². The number of aromatic nitrogens is 1. The van der Waals surface area contributed by atoms with Gasteiger partial charge < -0.3 is 10.5 Å². The van der Waals surface area contributed by atoms with Crippen LogP contribution in [0.1, 0.15) is 17.2 Å². The fraction of sp³-hybridized carbons (Fsp3) is 0.154. The first kappa shape index (κ1) is 13.0. The van der Waals surface area contributed by atoms with Crippen molar-refractivity contribution in [3.8, 4) is 5.75 Å². The van der Waals surface area contributed by atoms with Crippen LogP contribution in [0.25, 0.3) is 0 Å². The molecule has 2 N–H and O–H groups in total. The zero-order chi connectivity index (χ0) is 13.1. The molecule has 0 saturated carbocycles. The molecule has 2 rings (SSSR count). The first-order chi connectivity index (χ1) is 8.61. The number of halogens is 2. The van der Waals surface area contributed by atoms with Crippen molar-refractivity contribution in [2.75, 3.05) is 7.11 Å². The molecule has 1 aromatic heterocycles. The number of ether oxygens (including phenoxy) is 1. The second-order valence-electron chi connectivity index (χ2n) is 3.80. The molecule has 0 spiro atoms. The number of pyridine rings is 1. The minimum absolute atomic E-state index is 0.320. The van der Waals surface area contributed by atoms with E-state index in [2.05, 4.69) is 20.9 Å². The van der Waals surface area contributed by atoms with Gasteiger partial charge in [0.25, 0.3) is 0 Å². The van der Waals surface area contributed by atoms with E-state index in [0.29, 0.717) is 11.3 Å². The van der Waals surface area contributed by atoms with E-state index in [1.807, 2.05) is 0 Å². The zero-order valence-corrected chi connectivity index (χ0v) is 11.3. The molecule has 1 heterocycles. The predicted molar refractivity (Wildman–Crippen MR) is 70.9 cm³/mol. The lowest BCUT2D eigenvalue weighted by Crippen LogP contribution is -2.13. The number of methoxy groups -OCH3 is 1. The average Bonchev–Trinajstić information content (AvgIpc) is 2.41. The average molecular weight is 311 g/mol. The number of hydrogen-bond donors (Lipinski definition) is 1. The van der Waals surface area contributed by atoms with Crippen LogP contribution in [0.3, 0.4) is 0 Å². The fourth-order valence-electron chi connectivity index (χ4n) is 1.65. The summed E-state index contributed by atoms with van der Waals surface area (Å²) >= 11 is 3.37. The van der Waals surface area contributed by atoms with Gasteiger partial charge in [0, 0.05) is 10.7 Å². The third-order valence-corrected chi connectivity index (χ3v) is 3.34. The van der Waals surface area contributed by atoms with Crippen LogP contribution in [0.5, 0.6) is 5.75 Å². The van der Waals surface area contributed by atoms with Crippen molar-refractivity contribution < 1.29 is 9.13 Å². The van der Waals surface area contributed by atoms with Gasteiger partial charge in [0.05, 0.1) is 19.3 Å². The molecule has 0 radical (unpaired) electrons. The highest BCUT2D eigenvalue weighted by molar-refractivity contribution is 9.10. The summed E-state index contributed by atoms with van der Waals surface area (Å²) in [4.78, 5) is 4.04. The highest BCUT2D eigenvalue weighted by Crippen LogP contribution is 2.28. The summed E-state index contributed by atoms with van der Waals surface area (Å²) in [6, 6.07) is 5.75.